The molecule has 1 aliphatic heterocycles. The van der Waals surface area contributed by atoms with E-state index in [9.17, 15) is 0 Å². The van der Waals surface area contributed by atoms with Crippen LogP contribution in [0, 0.1) is 0 Å². The van der Waals surface area contributed by atoms with Crippen molar-refractivity contribution in [3.63, 3.8) is 0 Å². The summed E-state index contributed by atoms with van der Waals surface area (Å²) in [6, 6.07) is 8.29. The molecule has 1 unspecified atom stereocenters. The van der Waals surface area contributed by atoms with Gasteiger partial charge in [0.25, 0.3) is 0 Å². The van der Waals surface area contributed by atoms with Gasteiger partial charge in [-0.15, -0.1) is 0 Å². The molecule has 0 amide bonds. The summed E-state index contributed by atoms with van der Waals surface area (Å²) < 4.78 is 11.2. The molecule has 1 aromatic rings. The van der Waals surface area contributed by atoms with Crippen LogP contribution in [-0.4, -0.2) is 37.3 Å². The Labute approximate surface area is 107 Å². The quantitative estimate of drug-likeness (QED) is 0.871. The molecular weight excluding hydrogens is 234 g/mol. The van der Waals surface area contributed by atoms with Crippen LogP contribution in [0.15, 0.2) is 24.3 Å². The van der Waals surface area contributed by atoms with Gasteiger partial charge in [0.1, 0.15) is 18.1 Å². The molecule has 1 fully saturated rings. The van der Waals surface area contributed by atoms with E-state index in [1.165, 1.54) is 5.75 Å². The number of hydrogen-bond acceptors (Lipinski definition) is 4. The van der Waals surface area contributed by atoms with E-state index in [-0.39, 0.29) is 0 Å². The number of hydrogen-bond donors (Lipinski definition) is 1. The van der Waals surface area contributed by atoms with E-state index in [2.05, 4.69) is 5.32 Å². The lowest BCUT2D eigenvalue weighted by atomic mass is 10.3. The summed E-state index contributed by atoms with van der Waals surface area (Å²) in [5.41, 5.74) is 0. The van der Waals surface area contributed by atoms with Crippen molar-refractivity contribution in [3.8, 4) is 11.5 Å². The van der Waals surface area contributed by atoms with Gasteiger partial charge in [0, 0.05) is 24.1 Å². The van der Waals surface area contributed by atoms with Gasteiger partial charge < -0.3 is 14.8 Å². The molecule has 4 heteroatoms. The van der Waals surface area contributed by atoms with Crippen molar-refractivity contribution in [1.29, 1.82) is 0 Å². The first-order valence-electron chi connectivity index (χ1n) is 6.05. The van der Waals surface area contributed by atoms with Crippen LogP contribution in [0.2, 0.25) is 0 Å². The number of benzene rings is 1. The Kier molecular flexibility index (Phi) is 5.01. The average Bonchev–Trinajstić information content (AvgIpc) is 2.39. The van der Waals surface area contributed by atoms with Crippen LogP contribution in [0.1, 0.15) is 6.92 Å². The normalized spacial score (nSPS) is 19.9. The van der Waals surface area contributed by atoms with Crippen molar-refractivity contribution in [3.05, 3.63) is 24.3 Å². The maximum atomic E-state index is 5.78. The Balaban J connectivity index is 1.83. The molecule has 1 heterocycles. The zero-order valence-corrected chi connectivity index (χ0v) is 11.0. The monoisotopic (exact) mass is 253 g/mol. The Morgan fingerprint density at radius 3 is 2.88 bits per heavy atom. The minimum absolute atomic E-state index is 0.462. The number of ether oxygens (including phenoxy) is 2. The molecule has 1 N–H and O–H groups in total. The van der Waals surface area contributed by atoms with Gasteiger partial charge >= 0.3 is 0 Å². The average molecular weight is 253 g/mol. The van der Waals surface area contributed by atoms with Crippen molar-refractivity contribution in [2.45, 2.75) is 13.0 Å². The molecular formula is C13H19NO2S. The van der Waals surface area contributed by atoms with Gasteiger partial charge in [-0.3, -0.25) is 0 Å². The first-order valence-corrected chi connectivity index (χ1v) is 7.20. The van der Waals surface area contributed by atoms with E-state index < -0.39 is 0 Å². The summed E-state index contributed by atoms with van der Waals surface area (Å²) in [6.07, 6.45) is 0. The minimum atomic E-state index is 0.462. The minimum Gasteiger partial charge on any atom is -0.494 e. The fourth-order valence-corrected chi connectivity index (χ4v) is 2.67. The Morgan fingerprint density at radius 1 is 1.35 bits per heavy atom. The Morgan fingerprint density at radius 2 is 2.18 bits per heavy atom. The van der Waals surface area contributed by atoms with Crippen LogP contribution >= 0.6 is 11.8 Å². The number of nitrogens with one attached hydrogen (secondary N) is 1. The number of thioether (sulfide) groups is 1. The topological polar surface area (TPSA) is 30.5 Å². The predicted molar refractivity (Wildman–Crippen MR) is 72.2 cm³/mol. The highest BCUT2D eigenvalue weighted by molar-refractivity contribution is 7.99. The highest BCUT2D eigenvalue weighted by Gasteiger charge is 2.13. The van der Waals surface area contributed by atoms with E-state index in [1.54, 1.807) is 0 Å². The molecule has 0 spiro atoms. The molecule has 3 nitrogen and oxygen atoms in total. The Hall–Kier alpha value is -0.870. The van der Waals surface area contributed by atoms with Crippen LogP contribution in [0.5, 0.6) is 11.5 Å². The standard InChI is InChI=1S/C13H19NO2S/c1-2-15-12-4-3-5-13(8-12)16-9-11-10-17-7-6-14-11/h3-5,8,11,14H,2,6-7,9-10H2,1H3. The summed E-state index contributed by atoms with van der Waals surface area (Å²) >= 11 is 1.98. The largest absolute Gasteiger partial charge is 0.494 e. The zero-order valence-electron chi connectivity index (χ0n) is 10.1. The van der Waals surface area contributed by atoms with Crippen LogP contribution in [0.4, 0.5) is 0 Å². The highest BCUT2D eigenvalue weighted by atomic mass is 32.2. The summed E-state index contributed by atoms with van der Waals surface area (Å²) in [7, 11) is 0. The summed E-state index contributed by atoms with van der Waals surface area (Å²) in [5.74, 6) is 4.09. The van der Waals surface area contributed by atoms with Gasteiger partial charge in [0.2, 0.25) is 0 Å². The molecule has 0 bridgehead atoms. The van der Waals surface area contributed by atoms with Gasteiger partial charge in [0.15, 0.2) is 0 Å². The third-order valence-corrected chi connectivity index (χ3v) is 3.70. The summed E-state index contributed by atoms with van der Waals surface area (Å²) in [6.45, 7) is 4.47. The van der Waals surface area contributed by atoms with Crippen LogP contribution < -0.4 is 14.8 Å². The first-order chi connectivity index (χ1) is 8.38. The maximum Gasteiger partial charge on any atom is 0.123 e. The van der Waals surface area contributed by atoms with Crippen molar-refractivity contribution in [1.82, 2.24) is 5.32 Å². The molecule has 1 aliphatic rings. The van der Waals surface area contributed by atoms with Crippen LogP contribution in [-0.2, 0) is 0 Å². The molecule has 0 radical (unpaired) electrons. The van der Waals surface area contributed by atoms with E-state index in [0.717, 1.165) is 30.4 Å². The maximum absolute atomic E-state index is 5.78. The van der Waals surface area contributed by atoms with E-state index >= 15 is 0 Å². The van der Waals surface area contributed by atoms with E-state index in [1.807, 2.05) is 43.0 Å². The lowest BCUT2D eigenvalue weighted by Crippen LogP contribution is -2.41. The second kappa shape index (κ2) is 6.77. The van der Waals surface area contributed by atoms with Crippen LogP contribution in [0.25, 0.3) is 0 Å². The van der Waals surface area contributed by atoms with Crippen LogP contribution in [0.3, 0.4) is 0 Å². The van der Waals surface area contributed by atoms with Crippen molar-refractivity contribution in [2.24, 2.45) is 0 Å². The van der Waals surface area contributed by atoms with Crippen molar-refractivity contribution >= 4 is 11.8 Å². The predicted octanol–water partition coefficient (Wildman–Crippen LogP) is 2.17. The van der Waals surface area contributed by atoms with Gasteiger partial charge in [0.05, 0.1) is 12.6 Å². The molecule has 0 aliphatic carbocycles. The fraction of sp³-hybridized carbons (Fsp3) is 0.538. The van der Waals surface area contributed by atoms with Gasteiger partial charge in [-0.25, -0.2) is 0 Å². The summed E-state index contributed by atoms with van der Waals surface area (Å²) in [5, 5.41) is 3.45. The molecule has 0 aromatic heterocycles. The van der Waals surface area contributed by atoms with Gasteiger partial charge in [-0.05, 0) is 19.1 Å². The lowest BCUT2D eigenvalue weighted by molar-refractivity contribution is 0.273. The molecule has 1 aromatic carbocycles. The smallest absolute Gasteiger partial charge is 0.123 e. The molecule has 2 rings (SSSR count). The van der Waals surface area contributed by atoms with Gasteiger partial charge in [-0.1, -0.05) is 6.07 Å². The first kappa shape index (κ1) is 12.6. The Bertz CT molecular complexity index is 340. The lowest BCUT2D eigenvalue weighted by Gasteiger charge is -2.23. The second-order valence-corrected chi connectivity index (χ2v) is 5.09. The molecule has 17 heavy (non-hydrogen) atoms. The fourth-order valence-electron chi connectivity index (χ4n) is 1.74. The highest BCUT2D eigenvalue weighted by Crippen LogP contribution is 2.20. The molecule has 1 atom stereocenters. The second-order valence-electron chi connectivity index (χ2n) is 3.94. The molecule has 94 valence electrons. The number of rotatable bonds is 5. The molecule has 0 saturated carbocycles. The van der Waals surface area contributed by atoms with E-state index in [4.69, 9.17) is 9.47 Å². The van der Waals surface area contributed by atoms with Gasteiger partial charge in [-0.2, -0.15) is 11.8 Å². The summed E-state index contributed by atoms with van der Waals surface area (Å²) in [4.78, 5) is 0. The molecule has 1 saturated heterocycles. The van der Waals surface area contributed by atoms with E-state index in [0.29, 0.717) is 12.6 Å². The third kappa shape index (κ3) is 4.13. The van der Waals surface area contributed by atoms with Crippen molar-refractivity contribution in [2.75, 3.05) is 31.3 Å². The third-order valence-electron chi connectivity index (χ3n) is 2.57. The zero-order chi connectivity index (χ0) is 11.9. The SMILES string of the molecule is CCOc1cccc(OCC2CSCCN2)c1. The van der Waals surface area contributed by atoms with Crippen molar-refractivity contribution < 1.29 is 9.47 Å².